The van der Waals surface area contributed by atoms with Crippen LogP contribution in [0.4, 0.5) is 11.4 Å². The summed E-state index contributed by atoms with van der Waals surface area (Å²) in [6.45, 7) is 1.94. The van der Waals surface area contributed by atoms with E-state index in [0.29, 0.717) is 45.5 Å². The zero-order valence-corrected chi connectivity index (χ0v) is 16.7. The fourth-order valence-electron chi connectivity index (χ4n) is 3.20. The van der Waals surface area contributed by atoms with Gasteiger partial charge in [0.25, 0.3) is 11.8 Å². The molecule has 2 amide bonds. The first-order valence-electron chi connectivity index (χ1n) is 9.26. The molecule has 0 saturated heterocycles. The van der Waals surface area contributed by atoms with Crippen molar-refractivity contribution in [2.45, 2.75) is 6.92 Å². The first-order chi connectivity index (χ1) is 14.5. The molecule has 0 bridgehead atoms. The highest BCUT2D eigenvalue weighted by atomic mass is 16.5. The van der Waals surface area contributed by atoms with Crippen molar-refractivity contribution in [3.63, 3.8) is 0 Å². The van der Waals surface area contributed by atoms with Gasteiger partial charge in [-0.2, -0.15) is 0 Å². The number of ether oxygens (including phenoxy) is 3. The second-order valence-corrected chi connectivity index (χ2v) is 6.79. The molecule has 4 rings (SSSR count). The van der Waals surface area contributed by atoms with Crippen molar-refractivity contribution >= 4 is 23.2 Å². The number of amides is 2. The van der Waals surface area contributed by atoms with E-state index in [2.05, 4.69) is 10.6 Å². The van der Waals surface area contributed by atoms with Crippen molar-refractivity contribution < 1.29 is 23.8 Å². The summed E-state index contributed by atoms with van der Waals surface area (Å²) in [6, 6.07) is 15.4. The van der Waals surface area contributed by atoms with E-state index < -0.39 is 0 Å². The van der Waals surface area contributed by atoms with Gasteiger partial charge in [0.15, 0.2) is 5.75 Å². The van der Waals surface area contributed by atoms with Crippen LogP contribution in [0.3, 0.4) is 0 Å². The molecular weight excluding hydrogens is 384 g/mol. The Kier molecular flexibility index (Phi) is 5.02. The van der Waals surface area contributed by atoms with Crippen LogP contribution >= 0.6 is 0 Å². The fourth-order valence-corrected chi connectivity index (χ4v) is 3.20. The number of carbonyl (C=O) groups excluding carboxylic acids is 2. The molecule has 2 N–H and O–H groups in total. The minimum atomic E-state index is -0.372. The number of benzene rings is 3. The monoisotopic (exact) mass is 404 g/mol. The molecule has 3 aromatic carbocycles. The van der Waals surface area contributed by atoms with E-state index in [4.69, 9.17) is 14.2 Å². The topological polar surface area (TPSA) is 85.9 Å². The zero-order chi connectivity index (χ0) is 21.3. The molecule has 1 heterocycles. The summed E-state index contributed by atoms with van der Waals surface area (Å²) >= 11 is 0. The van der Waals surface area contributed by atoms with Crippen molar-refractivity contribution in [1.29, 1.82) is 0 Å². The maximum Gasteiger partial charge on any atom is 0.259 e. The van der Waals surface area contributed by atoms with Crippen LogP contribution in [0.25, 0.3) is 0 Å². The Balaban J connectivity index is 1.61. The van der Waals surface area contributed by atoms with Crippen LogP contribution in [-0.4, -0.2) is 26.0 Å². The molecule has 0 saturated carbocycles. The predicted octanol–water partition coefficient (Wildman–Crippen LogP) is 4.62. The number of hydrogen-bond donors (Lipinski definition) is 2. The van der Waals surface area contributed by atoms with Gasteiger partial charge < -0.3 is 24.8 Å². The summed E-state index contributed by atoms with van der Waals surface area (Å²) in [7, 11) is 3.02. The molecule has 0 atom stereocenters. The van der Waals surface area contributed by atoms with Crippen molar-refractivity contribution in [3.05, 3.63) is 71.3 Å². The quantitative estimate of drug-likeness (QED) is 0.663. The van der Waals surface area contributed by atoms with Crippen LogP contribution in [-0.2, 0) is 0 Å². The van der Waals surface area contributed by atoms with Gasteiger partial charge in [0.2, 0.25) is 0 Å². The van der Waals surface area contributed by atoms with Crippen molar-refractivity contribution in [2.75, 3.05) is 24.9 Å². The summed E-state index contributed by atoms with van der Waals surface area (Å²) in [5.41, 5.74) is 2.73. The Morgan fingerprint density at radius 3 is 2.53 bits per heavy atom. The van der Waals surface area contributed by atoms with Gasteiger partial charge in [0, 0.05) is 11.8 Å². The number of rotatable bonds is 4. The Hall–Kier alpha value is -4.00. The molecule has 30 heavy (non-hydrogen) atoms. The van der Waals surface area contributed by atoms with Gasteiger partial charge in [-0.3, -0.25) is 9.59 Å². The average molecular weight is 404 g/mol. The van der Waals surface area contributed by atoms with Gasteiger partial charge in [-0.05, 0) is 55.0 Å². The molecule has 1 aliphatic rings. The van der Waals surface area contributed by atoms with Crippen molar-refractivity contribution in [1.82, 2.24) is 0 Å². The van der Waals surface area contributed by atoms with E-state index in [0.717, 1.165) is 5.56 Å². The molecule has 0 unspecified atom stereocenters. The van der Waals surface area contributed by atoms with E-state index in [1.54, 1.807) is 36.4 Å². The molecule has 1 aliphatic heterocycles. The summed E-state index contributed by atoms with van der Waals surface area (Å²) in [5, 5.41) is 5.65. The Labute approximate surface area is 173 Å². The fraction of sp³-hybridized carbons (Fsp3) is 0.130. The third-order valence-electron chi connectivity index (χ3n) is 4.74. The van der Waals surface area contributed by atoms with E-state index >= 15 is 0 Å². The number of methoxy groups -OCH3 is 2. The maximum atomic E-state index is 12.8. The number of hydrogen-bond acceptors (Lipinski definition) is 5. The molecule has 3 aromatic rings. The normalized spacial score (nSPS) is 11.9. The van der Waals surface area contributed by atoms with Crippen LogP contribution in [0.1, 0.15) is 26.3 Å². The third-order valence-corrected chi connectivity index (χ3v) is 4.74. The second kappa shape index (κ2) is 7.79. The first-order valence-corrected chi connectivity index (χ1v) is 9.26. The molecular formula is C23H20N2O5. The van der Waals surface area contributed by atoms with Gasteiger partial charge >= 0.3 is 0 Å². The Bertz CT molecular complexity index is 1160. The minimum Gasteiger partial charge on any atom is -0.497 e. The summed E-state index contributed by atoms with van der Waals surface area (Å²) in [5.74, 6) is 1.25. The lowest BCUT2D eigenvalue weighted by Gasteiger charge is -2.12. The number of carbonyl (C=O) groups is 2. The molecule has 7 nitrogen and oxygen atoms in total. The highest BCUT2D eigenvalue weighted by Crippen LogP contribution is 2.37. The highest BCUT2D eigenvalue weighted by Gasteiger charge is 2.22. The van der Waals surface area contributed by atoms with Gasteiger partial charge in [0.1, 0.15) is 17.2 Å². The number of nitrogens with one attached hydrogen (secondary N) is 2. The molecule has 0 aromatic heterocycles. The van der Waals surface area contributed by atoms with Crippen LogP contribution in [0.2, 0.25) is 0 Å². The lowest BCUT2D eigenvalue weighted by molar-refractivity contribution is 0.101. The van der Waals surface area contributed by atoms with Gasteiger partial charge in [0.05, 0.1) is 31.0 Å². The van der Waals surface area contributed by atoms with Gasteiger partial charge in [-0.25, -0.2) is 0 Å². The van der Waals surface area contributed by atoms with E-state index in [-0.39, 0.29) is 11.8 Å². The minimum absolute atomic E-state index is 0.313. The number of fused-ring (bicyclic) bond motifs is 2. The molecule has 7 heteroatoms. The van der Waals surface area contributed by atoms with E-state index in [1.165, 1.54) is 14.2 Å². The molecule has 0 aliphatic carbocycles. The van der Waals surface area contributed by atoms with Gasteiger partial charge in [-0.1, -0.05) is 6.07 Å². The lowest BCUT2D eigenvalue weighted by Crippen LogP contribution is -2.15. The Morgan fingerprint density at radius 1 is 0.967 bits per heavy atom. The zero-order valence-electron chi connectivity index (χ0n) is 16.7. The lowest BCUT2D eigenvalue weighted by atomic mass is 10.1. The van der Waals surface area contributed by atoms with Crippen LogP contribution in [0.15, 0.2) is 54.6 Å². The maximum absolute atomic E-state index is 12.8. The molecule has 0 fully saturated rings. The number of aryl methyl sites for hydroxylation is 1. The van der Waals surface area contributed by atoms with Crippen molar-refractivity contribution in [2.24, 2.45) is 0 Å². The third kappa shape index (κ3) is 3.65. The highest BCUT2D eigenvalue weighted by molar-refractivity contribution is 6.10. The second-order valence-electron chi connectivity index (χ2n) is 6.79. The standard InChI is InChI=1S/C23H20N2O5/c1-13-4-8-20-18(10-13)25-23(27)17-11-14(5-9-19(17)30-20)24-22(26)16-7-6-15(28-2)12-21(16)29-3/h4-12H,1-3H3,(H,24,26)(H,25,27). The van der Waals surface area contributed by atoms with Crippen molar-refractivity contribution in [3.8, 4) is 23.0 Å². The predicted molar refractivity (Wildman–Crippen MR) is 113 cm³/mol. The van der Waals surface area contributed by atoms with E-state index in [1.807, 2.05) is 25.1 Å². The first kappa shape index (κ1) is 19.3. The largest absolute Gasteiger partial charge is 0.497 e. The molecule has 152 valence electrons. The van der Waals surface area contributed by atoms with Crippen LogP contribution in [0, 0.1) is 6.92 Å². The van der Waals surface area contributed by atoms with Crippen LogP contribution < -0.4 is 24.8 Å². The summed E-state index contributed by atoms with van der Waals surface area (Å²) < 4.78 is 16.4. The SMILES string of the molecule is COc1ccc(C(=O)Nc2ccc3c(c2)C(=O)Nc2cc(C)ccc2O3)c(OC)c1. The van der Waals surface area contributed by atoms with Gasteiger partial charge in [-0.15, -0.1) is 0 Å². The van der Waals surface area contributed by atoms with E-state index in [9.17, 15) is 9.59 Å². The summed E-state index contributed by atoms with van der Waals surface area (Å²) in [6.07, 6.45) is 0. The Morgan fingerprint density at radius 2 is 1.77 bits per heavy atom. The summed E-state index contributed by atoms with van der Waals surface area (Å²) in [4.78, 5) is 25.5. The molecule has 0 spiro atoms. The molecule has 0 radical (unpaired) electrons. The smallest absolute Gasteiger partial charge is 0.259 e. The average Bonchev–Trinajstić information content (AvgIpc) is 2.88. The number of anilines is 2. The van der Waals surface area contributed by atoms with Crippen LogP contribution in [0.5, 0.6) is 23.0 Å².